The SMILES string of the molecule is CC[C@@H]1CCc2nc3sc(C(=O)Nc4ccc(C)cc4Br)c(N)c3cc2C1. The van der Waals surface area contributed by atoms with Gasteiger partial charge in [0.2, 0.25) is 0 Å². The molecule has 0 unspecified atom stereocenters. The third kappa shape index (κ3) is 3.48. The summed E-state index contributed by atoms with van der Waals surface area (Å²) in [5.74, 6) is 0.530. The van der Waals surface area contributed by atoms with Crippen molar-refractivity contribution >= 4 is 54.8 Å². The highest BCUT2D eigenvalue weighted by molar-refractivity contribution is 9.10. The van der Waals surface area contributed by atoms with E-state index in [-0.39, 0.29) is 5.91 Å². The summed E-state index contributed by atoms with van der Waals surface area (Å²) in [7, 11) is 0. The van der Waals surface area contributed by atoms with Crippen molar-refractivity contribution in [2.24, 2.45) is 5.92 Å². The average Bonchev–Trinajstić information content (AvgIpc) is 2.97. The summed E-state index contributed by atoms with van der Waals surface area (Å²) in [6.45, 7) is 4.25. The number of hydrogen-bond acceptors (Lipinski definition) is 4. The average molecular weight is 444 g/mol. The predicted molar refractivity (Wildman–Crippen MR) is 117 cm³/mol. The maximum atomic E-state index is 12.8. The summed E-state index contributed by atoms with van der Waals surface area (Å²) < 4.78 is 0.856. The van der Waals surface area contributed by atoms with Crippen molar-refractivity contribution in [2.75, 3.05) is 11.1 Å². The van der Waals surface area contributed by atoms with Crippen LogP contribution in [0, 0.1) is 12.8 Å². The number of nitrogens with two attached hydrogens (primary N) is 1. The third-order valence-electron chi connectivity index (χ3n) is 5.34. The van der Waals surface area contributed by atoms with Gasteiger partial charge in [-0.2, -0.15) is 0 Å². The number of nitrogen functional groups attached to an aromatic ring is 1. The van der Waals surface area contributed by atoms with Gasteiger partial charge in [0.25, 0.3) is 5.91 Å². The predicted octanol–water partition coefficient (Wildman–Crippen LogP) is 5.72. The number of pyridine rings is 1. The number of nitrogens with zero attached hydrogens (tertiary/aromatic N) is 1. The van der Waals surface area contributed by atoms with Crippen molar-refractivity contribution in [1.29, 1.82) is 0 Å². The fourth-order valence-electron chi connectivity index (χ4n) is 3.68. The number of hydrogen-bond donors (Lipinski definition) is 2. The molecule has 0 saturated heterocycles. The van der Waals surface area contributed by atoms with Gasteiger partial charge in [-0.3, -0.25) is 4.79 Å². The lowest BCUT2D eigenvalue weighted by Crippen LogP contribution is -2.14. The van der Waals surface area contributed by atoms with Crippen LogP contribution in [0.3, 0.4) is 0 Å². The van der Waals surface area contributed by atoms with Gasteiger partial charge in [-0.25, -0.2) is 4.98 Å². The van der Waals surface area contributed by atoms with E-state index in [9.17, 15) is 4.79 Å². The van der Waals surface area contributed by atoms with Gasteiger partial charge in [0.15, 0.2) is 0 Å². The van der Waals surface area contributed by atoms with E-state index in [1.54, 1.807) is 0 Å². The first-order chi connectivity index (χ1) is 13.0. The molecule has 1 aromatic carbocycles. The smallest absolute Gasteiger partial charge is 0.267 e. The first kappa shape index (κ1) is 18.4. The Labute approximate surface area is 171 Å². The first-order valence-corrected chi connectivity index (χ1v) is 10.9. The Morgan fingerprint density at radius 3 is 2.96 bits per heavy atom. The molecule has 3 N–H and O–H groups in total. The van der Waals surface area contributed by atoms with E-state index in [0.717, 1.165) is 44.7 Å². The molecule has 1 aliphatic rings. The molecule has 0 spiro atoms. The summed E-state index contributed by atoms with van der Waals surface area (Å²) >= 11 is 4.88. The normalized spacial score (nSPS) is 16.3. The highest BCUT2D eigenvalue weighted by atomic mass is 79.9. The minimum atomic E-state index is -0.190. The van der Waals surface area contributed by atoms with Crippen LogP contribution in [0.25, 0.3) is 10.2 Å². The summed E-state index contributed by atoms with van der Waals surface area (Å²) in [5.41, 5.74) is 11.2. The number of anilines is 2. The zero-order valence-electron chi connectivity index (χ0n) is 15.4. The number of aromatic nitrogens is 1. The second kappa shape index (κ2) is 7.24. The molecule has 0 radical (unpaired) electrons. The van der Waals surface area contributed by atoms with Crippen molar-refractivity contribution in [3.8, 4) is 0 Å². The van der Waals surface area contributed by atoms with E-state index in [1.165, 1.54) is 35.4 Å². The molecule has 0 saturated carbocycles. The van der Waals surface area contributed by atoms with Crippen LogP contribution in [-0.2, 0) is 12.8 Å². The second-order valence-corrected chi connectivity index (χ2v) is 9.10. The molecule has 4 nitrogen and oxygen atoms in total. The van der Waals surface area contributed by atoms with Gasteiger partial charge in [0, 0.05) is 15.6 Å². The summed E-state index contributed by atoms with van der Waals surface area (Å²) in [6, 6.07) is 7.99. The second-order valence-electron chi connectivity index (χ2n) is 7.25. The fraction of sp³-hybridized carbons (Fsp3) is 0.333. The van der Waals surface area contributed by atoms with E-state index in [1.807, 2.05) is 25.1 Å². The lowest BCUT2D eigenvalue weighted by atomic mass is 9.85. The van der Waals surface area contributed by atoms with Gasteiger partial charge in [0.1, 0.15) is 9.71 Å². The van der Waals surface area contributed by atoms with E-state index in [0.29, 0.717) is 10.6 Å². The van der Waals surface area contributed by atoms with Gasteiger partial charge in [0.05, 0.1) is 11.4 Å². The largest absolute Gasteiger partial charge is 0.397 e. The molecular weight excluding hydrogens is 422 g/mol. The highest BCUT2D eigenvalue weighted by Crippen LogP contribution is 2.37. The molecule has 27 heavy (non-hydrogen) atoms. The van der Waals surface area contributed by atoms with Crippen molar-refractivity contribution in [2.45, 2.75) is 39.5 Å². The molecule has 1 amide bonds. The van der Waals surface area contributed by atoms with E-state index in [4.69, 9.17) is 10.7 Å². The Hall–Kier alpha value is -1.92. The number of thiophene rings is 1. The maximum absolute atomic E-state index is 12.8. The Morgan fingerprint density at radius 2 is 2.22 bits per heavy atom. The molecule has 1 aliphatic carbocycles. The molecule has 6 heteroatoms. The Morgan fingerprint density at radius 1 is 1.41 bits per heavy atom. The van der Waals surface area contributed by atoms with Crippen molar-refractivity contribution in [3.63, 3.8) is 0 Å². The Bertz CT molecular complexity index is 1040. The zero-order valence-corrected chi connectivity index (χ0v) is 17.8. The molecular formula is C21H22BrN3OS. The first-order valence-electron chi connectivity index (χ1n) is 9.24. The van der Waals surface area contributed by atoms with E-state index >= 15 is 0 Å². The third-order valence-corrected chi connectivity index (χ3v) is 7.11. The molecule has 0 fully saturated rings. The van der Waals surface area contributed by atoms with Crippen LogP contribution in [0.1, 0.15) is 46.3 Å². The highest BCUT2D eigenvalue weighted by Gasteiger charge is 2.23. The minimum Gasteiger partial charge on any atom is -0.397 e. The molecule has 1 atom stereocenters. The summed E-state index contributed by atoms with van der Waals surface area (Å²) in [5, 5.41) is 3.86. The number of aryl methyl sites for hydroxylation is 2. The van der Waals surface area contributed by atoms with Crippen molar-refractivity contribution < 1.29 is 4.79 Å². The van der Waals surface area contributed by atoms with Crippen LogP contribution in [0.15, 0.2) is 28.7 Å². The topological polar surface area (TPSA) is 68.0 Å². The van der Waals surface area contributed by atoms with Crippen LogP contribution < -0.4 is 11.1 Å². The number of carbonyl (C=O) groups is 1. The van der Waals surface area contributed by atoms with E-state index < -0.39 is 0 Å². The lowest BCUT2D eigenvalue weighted by molar-refractivity contribution is 0.103. The molecule has 0 aliphatic heterocycles. The number of benzene rings is 1. The number of rotatable bonds is 3. The zero-order chi connectivity index (χ0) is 19.1. The quantitative estimate of drug-likeness (QED) is 0.543. The van der Waals surface area contributed by atoms with Gasteiger partial charge >= 0.3 is 0 Å². The van der Waals surface area contributed by atoms with Gasteiger partial charge in [-0.05, 0) is 77.4 Å². The number of halogens is 1. The van der Waals surface area contributed by atoms with Crippen molar-refractivity contribution in [3.05, 3.63) is 50.4 Å². The van der Waals surface area contributed by atoms with Gasteiger partial charge in [-0.15, -0.1) is 11.3 Å². The molecule has 2 aromatic heterocycles. The lowest BCUT2D eigenvalue weighted by Gasteiger charge is -2.22. The fourth-order valence-corrected chi connectivity index (χ4v) is 5.27. The molecule has 3 aromatic rings. The van der Waals surface area contributed by atoms with Crippen molar-refractivity contribution in [1.82, 2.24) is 4.98 Å². The molecule has 140 valence electrons. The maximum Gasteiger partial charge on any atom is 0.267 e. The summed E-state index contributed by atoms with van der Waals surface area (Å²) in [6.07, 6.45) is 4.45. The number of carbonyl (C=O) groups excluding carboxylic acids is 1. The summed E-state index contributed by atoms with van der Waals surface area (Å²) in [4.78, 5) is 19.0. The van der Waals surface area contributed by atoms with Gasteiger partial charge in [-0.1, -0.05) is 19.4 Å². The van der Waals surface area contributed by atoms with Crippen LogP contribution in [0.2, 0.25) is 0 Å². The van der Waals surface area contributed by atoms with Gasteiger partial charge < -0.3 is 11.1 Å². The Balaban J connectivity index is 1.68. The van der Waals surface area contributed by atoms with Crippen LogP contribution in [-0.4, -0.2) is 10.9 Å². The van der Waals surface area contributed by atoms with Crippen LogP contribution in [0.4, 0.5) is 11.4 Å². The molecule has 4 rings (SSSR count). The number of nitrogens with one attached hydrogen (secondary N) is 1. The Kier molecular flexibility index (Phi) is 4.95. The van der Waals surface area contributed by atoms with E-state index in [2.05, 4.69) is 34.2 Å². The number of fused-ring (bicyclic) bond motifs is 2. The minimum absolute atomic E-state index is 0.190. The van der Waals surface area contributed by atoms with Crippen LogP contribution in [0.5, 0.6) is 0 Å². The number of amides is 1. The molecule has 0 bridgehead atoms. The monoisotopic (exact) mass is 443 g/mol. The standard InChI is InChI=1S/C21H22BrN3OS/c1-3-12-5-7-16-13(9-12)10-14-18(23)19(27-21(14)25-16)20(26)24-17-6-4-11(2)8-15(17)22/h4,6,8,10,12H,3,5,7,9,23H2,1-2H3,(H,24,26)/t12-/m1/s1. The molecule has 2 heterocycles. The van der Waals surface area contributed by atoms with Crippen LogP contribution >= 0.6 is 27.3 Å².